The number of aliphatic carboxylic acids is 1. The molecule has 2 rings (SSSR count). The van der Waals surface area contributed by atoms with E-state index in [1.807, 2.05) is 0 Å². The number of likely N-dealkylation sites (tertiary alicyclic amines) is 1. The van der Waals surface area contributed by atoms with Gasteiger partial charge < -0.3 is 15.3 Å². The number of urea groups is 1. The van der Waals surface area contributed by atoms with Gasteiger partial charge in [0.2, 0.25) is 0 Å². The molecular formula is C14H16ClFN2O3. The number of anilines is 1. The van der Waals surface area contributed by atoms with Crippen LogP contribution in [0.3, 0.4) is 0 Å². The Hall–Kier alpha value is -1.82. The molecule has 1 atom stereocenters. The molecule has 5 nitrogen and oxygen atoms in total. The van der Waals surface area contributed by atoms with E-state index >= 15 is 0 Å². The quantitative estimate of drug-likeness (QED) is 0.879. The molecule has 0 bridgehead atoms. The highest BCUT2D eigenvalue weighted by atomic mass is 35.5. The number of carbonyl (C=O) groups excluding carboxylic acids is 1. The maximum Gasteiger partial charge on any atom is 0.326 e. The summed E-state index contributed by atoms with van der Waals surface area (Å²) in [6.45, 7) is 0.377. The Morgan fingerprint density at radius 3 is 2.76 bits per heavy atom. The van der Waals surface area contributed by atoms with E-state index in [-0.39, 0.29) is 10.7 Å². The van der Waals surface area contributed by atoms with Crippen LogP contribution in [0.25, 0.3) is 0 Å². The van der Waals surface area contributed by atoms with Gasteiger partial charge in [-0.3, -0.25) is 0 Å². The monoisotopic (exact) mass is 314 g/mol. The average Bonchev–Trinajstić information content (AvgIpc) is 2.67. The van der Waals surface area contributed by atoms with Gasteiger partial charge in [-0.25, -0.2) is 14.0 Å². The first-order valence-electron chi connectivity index (χ1n) is 6.74. The third-order valence-corrected chi connectivity index (χ3v) is 3.78. The number of halogens is 2. The molecule has 21 heavy (non-hydrogen) atoms. The molecule has 0 radical (unpaired) electrons. The third-order valence-electron chi connectivity index (χ3n) is 3.47. The van der Waals surface area contributed by atoms with Crippen LogP contribution < -0.4 is 5.32 Å². The van der Waals surface area contributed by atoms with Gasteiger partial charge in [0, 0.05) is 6.54 Å². The van der Waals surface area contributed by atoms with Crippen LogP contribution in [-0.4, -0.2) is 34.6 Å². The molecule has 1 aromatic carbocycles. The van der Waals surface area contributed by atoms with Crippen molar-refractivity contribution in [3.05, 3.63) is 29.0 Å². The molecule has 1 saturated heterocycles. The zero-order valence-electron chi connectivity index (χ0n) is 11.3. The van der Waals surface area contributed by atoms with Crippen LogP contribution in [0.4, 0.5) is 14.9 Å². The first kappa shape index (κ1) is 15.6. The molecular weight excluding hydrogens is 299 g/mol. The lowest BCUT2D eigenvalue weighted by Gasteiger charge is -2.27. The number of amides is 2. The summed E-state index contributed by atoms with van der Waals surface area (Å²) in [5.74, 6) is -1.52. The van der Waals surface area contributed by atoms with Gasteiger partial charge in [-0.2, -0.15) is 0 Å². The third kappa shape index (κ3) is 3.85. The van der Waals surface area contributed by atoms with Crippen LogP contribution in [0.2, 0.25) is 5.02 Å². The minimum Gasteiger partial charge on any atom is -0.480 e. The fraction of sp³-hybridized carbons (Fsp3) is 0.429. The Bertz CT molecular complexity index is 553. The highest BCUT2D eigenvalue weighted by Gasteiger charge is 2.30. The maximum absolute atomic E-state index is 13.0. The van der Waals surface area contributed by atoms with Crippen LogP contribution in [0, 0.1) is 5.82 Å². The number of nitrogens with one attached hydrogen (secondary N) is 1. The topological polar surface area (TPSA) is 69.6 Å². The smallest absolute Gasteiger partial charge is 0.326 e. The van der Waals surface area contributed by atoms with E-state index < -0.39 is 23.9 Å². The average molecular weight is 315 g/mol. The summed E-state index contributed by atoms with van der Waals surface area (Å²) < 4.78 is 13.0. The van der Waals surface area contributed by atoms with E-state index in [4.69, 9.17) is 11.6 Å². The molecule has 2 amide bonds. The Kier molecular flexibility index (Phi) is 5.01. The lowest BCUT2D eigenvalue weighted by Crippen LogP contribution is -2.46. The van der Waals surface area contributed by atoms with E-state index in [0.29, 0.717) is 13.0 Å². The van der Waals surface area contributed by atoms with Gasteiger partial charge in [-0.05, 0) is 31.0 Å². The van der Waals surface area contributed by atoms with Crippen molar-refractivity contribution in [2.45, 2.75) is 31.7 Å². The lowest BCUT2D eigenvalue weighted by atomic mass is 10.1. The Morgan fingerprint density at radius 1 is 1.33 bits per heavy atom. The zero-order chi connectivity index (χ0) is 15.4. The van der Waals surface area contributed by atoms with E-state index in [2.05, 4.69) is 5.32 Å². The summed E-state index contributed by atoms with van der Waals surface area (Å²) in [7, 11) is 0. The number of carbonyl (C=O) groups is 2. The van der Waals surface area contributed by atoms with Crippen molar-refractivity contribution >= 4 is 29.3 Å². The second kappa shape index (κ2) is 6.76. The first-order valence-corrected chi connectivity index (χ1v) is 7.12. The predicted molar refractivity (Wildman–Crippen MR) is 77.0 cm³/mol. The van der Waals surface area contributed by atoms with E-state index in [9.17, 15) is 19.1 Å². The Labute approximate surface area is 126 Å². The summed E-state index contributed by atoms with van der Waals surface area (Å²) >= 11 is 5.85. The molecule has 7 heteroatoms. The largest absolute Gasteiger partial charge is 0.480 e. The number of carboxylic acid groups (broad SMARTS) is 1. The molecule has 1 aliphatic rings. The zero-order valence-corrected chi connectivity index (χ0v) is 12.1. The number of rotatable bonds is 2. The second-order valence-electron chi connectivity index (χ2n) is 4.95. The van der Waals surface area contributed by atoms with E-state index in [1.54, 1.807) is 0 Å². The number of carboxylic acids is 1. The molecule has 0 aliphatic carbocycles. The van der Waals surface area contributed by atoms with Gasteiger partial charge in [0.15, 0.2) is 0 Å². The van der Waals surface area contributed by atoms with Crippen molar-refractivity contribution in [1.82, 2.24) is 4.90 Å². The fourth-order valence-electron chi connectivity index (χ4n) is 2.39. The summed E-state index contributed by atoms with van der Waals surface area (Å²) in [5, 5.41) is 11.9. The van der Waals surface area contributed by atoms with Gasteiger partial charge in [-0.15, -0.1) is 0 Å². The molecule has 1 unspecified atom stereocenters. The summed E-state index contributed by atoms with van der Waals surface area (Å²) in [6.07, 6.45) is 2.86. The van der Waals surface area contributed by atoms with E-state index in [0.717, 1.165) is 25.3 Å². The standard InChI is InChI=1S/C14H16ClFN2O3/c15-10-8-9(16)5-6-11(10)17-14(21)18-7-3-1-2-4-12(18)13(19)20/h5-6,8,12H,1-4,7H2,(H,17,21)(H,19,20). The van der Waals surface area contributed by atoms with Crippen molar-refractivity contribution in [1.29, 1.82) is 0 Å². The highest BCUT2D eigenvalue weighted by molar-refractivity contribution is 6.33. The molecule has 0 aromatic heterocycles. The Balaban J connectivity index is 2.14. The number of hydrogen-bond acceptors (Lipinski definition) is 2. The van der Waals surface area contributed by atoms with Crippen molar-refractivity contribution in [3.63, 3.8) is 0 Å². The van der Waals surface area contributed by atoms with Crippen molar-refractivity contribution in [2.75, 3.05) is 11.9 Å². The Morgan fingerprint density at radius 2 is 2.10 bits per heavy atom. The minimum absolute atomic E-state index is 0.0741. The molecule has 1 aromatic rings. The van der Waals surface area contributed by atoms with Gasteiger partial charge in [0.25, 0.3) is 0 Å². The normalized spacial score (nSPS) is 19.0. The fourth-order valence-corrected chi connectivity index (χ4v) is 2.60. The summed E-state index contributed by atoms with van der Waals surface area (Å²) in [6, 6.07) is 2.25. The van der Waals surface area contributed by atoms with Crippen LogP contribution in [-0.2, 0) is 4.79 Å². The van der Waals surface area contributed by atoms with Gasteiger partial charge in [-0.1, -0.05) is 24.4 Å². The van der Waals surface area contributed by atoms with Crippen LogP contribution in [0.1, 0.15) is 25.7 Å². The van der Waals surface area contributed by atoms with Crippen LogP contribution in [0.15, 0.2) is 18.2 Å². The summed E-state index contributed by atoms with van der Waals surface area (Å²) in [4.78, 5) is 24.9. The maximum atomic E-state index is 13.0. The van der Waals surface area contributed by atoms with E-state index in [1.165, 1.54) is 17.0 Å². The van der Waals surface area contributed by atoms with Crippen molar-refractivity contribution in [2.24, 2.45) is 0 Å². The molecule has 0 saturated carbocycles. The molecule has 1 fully saturated rings. The highest BCUT2D eigenvalue weighted by Crippen LogP contribution is 2.24. The first-order chi connectivity index (χ1) is 9.99. The number of benzene rings is 1. The summed E-state index contributed by atoms with van der Waals surface area (Å²) in [5.41, 5.74) is 0.261. The van der Waals surface area contributed by atoms with Crippen molar-refractivity contribution < 1.29 is 19.1 Å². The molecule has 114 valence electrons. The second-order valence-corrected chi connectivity index (χ2v) is 5.36. The van der Waals surface area contributed by atoms with Gasteiger partial charge in [0.05, 0.1) is 10.7 Å². The van der Waals surface area contributed by atoms with Crippen LogP contribution in [0.5, 0.6) is 0 Å². The minimum atomic E-state index is -1.02. The molecule has 0 spiro atoms. The van der Waals surface area contributed by atoms with Crippen LogP contribution >= 0.6 is 11.6 Å². The van der Waals surface area contributed by atoms with Gasteiger partial charge in [0.1, 0.15) is 11.9 Å². The van der Waals surface area contributed by atoms with Crippen molar-refractivity contribution in [3.8, 4) is 0 Å². The molecule has 2 N–H and O–H groups in total. The number of hydrogen-bond donors (Lipinski definition) is 2. The number of nitrogens with zero attached hydrogens (tertiary/aromatic N) is 1. The van der Waals surface area contributed by atoms with Gasteiger partial charge >= 0.3 is 12.0 Å². The SMILES string of the molecule is O=C(O)C1CCCCCN1C(=O)Nc1ccc(F)cc1Cl. The lowest BCUT2D eigenvalue weighted by molar-refractivity contribution is -0.142. The molecule has 1 aliphatic heterocycles. The molecule has 1 heterocycles. The predicted octanol–water partition coefficient (Wildman–Crippen LogP) is 3.34.